The molecule has 2 aromatic rings. The van der Waals surface area contributed by atoms with Crippen LogP contribution in [-0.4, -0.2) is 24.0 Å². The zero-order chi connectivity index (χ0) is 14.5. The van der Waals surface area contributed by atoms with Gasteiger partial charge in [0.2, 0.25) is 0 Å². The van der Waals surface area contributed by atoms with E-state index in [0.29, 0.717) is 6.54 Å². The first-order chi connectivity index (χ1) is 10.3. The fourth-order valence-corrected chi connectivity index (χ4v) is 2.67. The molecule has 0 radical (unpaired) electrons. The second kappa shape index (κ2) is 6.44. The maximum absolute atomic E-state index is 12.3. The van der Waals surface area contributed by atoms with E-state index in [1.54, 1.807) is 0 Å². The van der Waals surface area contributed by atoms with Gasteiger partial charge in [-0.3, -0.25) is 4.79 Å². The Hall–Kier alpha value is -2.29. The van der Waals surface area contributed by atoms with Crippen LogP contribution in [-0.2, 0) is 17.8 Å². The molecule has 2 aromatic carbocycles. The number of hydrogen-bond donors (Lipinski definition) is 0. The van der Waals surface area contributed by atoms with Gasteiger partial charge in [-0.05, 0) is 36.1 Å². The average molecular weight is 281 g/mol. The van der Waals surface area contributed by atoms with E-state index in [1.807, 2.05) is 41.3 Å². The van der Waals surface area contributed by atoms with Crippen LogP contribution < -0.4 is 4.74 Å². The van der Waals surface area contributed by atoms with Crippen LogP contribution in [0.3, 0.4) is 0 Å². The maximum atomic E-state index is 12.3. The standard InChI is InChI=1S/C18H19NO2/c20-18(14-21-17-10-2-1-3-11-17)19-12-6-9-15-7-4-5-8-16(15)13-19/h1-5,7-8,10-11H,6,9,12-14H2. The SMILES string of the molecule is O=C(COc1ccccc1)N1CCCc2ccccc2C1. The third kappa shape index (κ3) is 3.43. The van der Waals surface area contributed by atoms with Crippen molar-refractivity contribution in [2.24, 2.45) is 0 Å². The van der Waals surface area contributed by atoms with E-state index in [4.69, 9.17) is 4.74 Å². The second-order valence-corrected chi connectivity index (χ2v) is 5.29. The average Bonchev–Trinajstić information content (AvgIpc) is 2.76. The molecule has 3 heteroatoms. The molecule has 0 bridgehead atoms. The number of rotatable bonds is 3. The molecular weight excluding hydrogens is 262 g/mol. The molecule has 0 saturated carbocycles. The maximum Gasteiger partial charge on any atom is 0.260 e. The number of carbonyl (C=O) groups excluding carboxylic acids is 1. The quantitative estimate of drug-likeness (QED) is 0.865. The summed E-state index contributed by atoms with van der Waals surface area (Å²) in [6.07, 6.45) is 2.05. The molecule has 1 aliphatic heterocycles. The Bertz CT molecular complexity index is 610. The summed E-state index contributed by atoms with van der Waals surface area (Å²) in [5.74, 6) is 0.789. The number of aryl methyl sites for hydroxylation is 1. The minimum atomic E-state index is 0.0514. The summed E-state index contributed by atoms with van der Waals surface area (Å²) in [6.45, 7) is 1.59. The third-order valence-corrected chi connectivity index (χ3v) is 3.81. The molecule has 1 amide bonds. The minimum absolute atomic E-state index is 0.0514. The Morgan fingerprint density at radius 3 is 2.52 bits per heavy atom. The van der Waals surface area contributed by atoms with Crippen LogP contribution in [0.2, 0.25) is 0 Å². The molecule has 0 aliphatic carbocycles. The molecule has 108 valence electrons. The lowest BCUT2D eigenvalue weighted by atomic mass is 10.0. The second-order valence-electron chi connectivity index (χ2n) is 5.29. The minimum Gasteiger partial charge on any atom is -0.484 e. The van der Waals surface area contributed by atoms with Crippen LogP contribution in [0, 0.1) is 0 Å². The van der Waals surface area contributed by atoms with E-state index in [1.165, 1.54) is 11.1 Å². The summed E-state index contributed by atoms with van der Waals surface area (Å²) in [6, 6.07) is 17.8. The van der Waals surface area contributed by atoms with Crippen LogP contribution in [0.5, 0.6) is 5.75 Å². The number of carbonyl (C=O) groups is 1. The van der Waals surface area contributed by atoms with Gasteiger partial charge in [0.05, 0.1) is 0 Å². The van der Waals surface area contributed by atoms with Gasteiger partial charge in [0.1, 0.15) is 5.75 Å². The summed E-state index contributed by atoms with van der Waals surface area (Å²) in [5, 5.41) is 0. The van der Waals surface area contributed by atoms with Crippen molar-refractivity contribution in [2.75, 3.05) is 13.2 Å². The highest BCUT2D eigenvalue weighted by molar-refractivity contribution is 5.77. The number of amides is 1. The molecule has 0 N–H and O–H groups in total. The van der Waals surface area contributed by atoms with Gasteiger partial charge in [-0.15, -0.1) is 0 Å². The van der Waals surface area contributed by atoms with Gasteiger partial charge in [0.25, 0.3) is 5.91 Å². The highest BCUT2D eigenvalue weighted by Crippen LogP contribution is 2.18. The Morgan fingerprint density at radius 1 is 1.00 bits per heavy atom. The van der Waals surface area contributed by atoms with E-state index in [9.17, 15) is 4.79 Å². The molecule has 0 aromatic heterocycles. The van der Waals surface area contributed by atoms with Crippen molar-refractivity contribution < 1.29 is 9.53 Å². The molecule has 21 heavy (non-hydrogen) atoms. The van der Waals surface area contributed by atoms with E-state index in [0.717, 1.165) is 25.1 Å². The molecule has 3 rings (SSSR count). The summed E-state index contributed by atoms with van der Waals surface area (Å²) in [4.78, 5) is 14.2. The number of nitrogens with zero attached hydrogens (tertiary/aromatic N) is 1. The number of para-hydroxylation sites is 1. The van der Waals surface area contributed by atoms with Gasteiger partial charge in [-0.2, -0.15) is 0 Å². The molecular formula is C18H19NO2. The Kier molecular flexibility index (Phi) is 4.20. The van der Waals surface area contributed by atoms with Crippen LogP contribution in [0.15, 0.2) is 54.6 Å². The number of fused-ring (bicyclic) bond motifs is 1. The Balaban J connectivity index is 1.63. The molecule has 0 unspecified atom stereocenters. The summed E-state index contributed by atoms with van der Waals surface area (Å²) in [5.41, 5.74) is 2.61. The van der Waals surface area contributed by atoms with Crippen LogP contribution in [0.1, 0.15) is 17.5 Å². The van der Waals surface area contributed by atoms with Crippen LogP contribution in [0.4, 0.5) is 0 Å². The van der Waals surface area contributed by atoms with E-state index in [2.05, 4.69) is 18.2 Å². The summed E-state index contributed by atoms with van der Waals surface area (Å²) < 4.78 is 5.56. The van der Waals surface area contributed by atoms with Crippen molar-refractivity contribution in [3.05, 3.63) is 65.7 Å². The largest absolute Gasteiger partial charge is 0.484 e. The zero-order valence-corrected chi connectivity index (χ0v) is 12.0. The van der Waals surface area contributed by atoms with E-state index >= 15 is 0 Å². The molecule has 0 fully saturated rings. The Labute approximate surface area is 125 Å². The van der Waals surface area contributed by atoms with E-state index < -0.39 is 0 Å². The zero-order valence-electron chi connectivity index (χ0n) is 12.0. The van der Waals surface area contributed by atoms with Crippen molar-refractivity contribution >= 4 is 5.91 Å². The molecule has 0 atom stereocenters. The lowest BCUT2D eigenvalue weighted by molar-refractivity contribution is -0.134. The van der Waals surface area contributed by atoms with Crippen LogP contribution in [0.25, 0.3) is 0 Å². The molecule has 0 spiro atoms. The topological polar surface area (TPSA) is 29.5 Å². The predicted molar refractivity (Wildman–Crippen MR) is 82.1 cm³/mol. The molecule has 0 saturated heterocycles. The van der Waals surface area contributed by atoms with Crippen molar-refractivity contribution in [1.29, 1.82) is 0 Å². The van der Waals surface area contributed by atoms with Gasteiger partial charge in [-0.25, -0.2) is 0 Å². The smallest absolute Gasteiger partial charge is 0.260 e. The van der Waals surface area contributed by atoms with Gasteiger partial charge in [-0.1, -0.05) is 42.5 Å². The first-order valence-electron chi connectivity index (χ1n) is 7.35. The van der Waals surface area contributed by atoms with Gasteiger partial charge in [0, 0.05) is 13.1 Å². The summed E-state index contributed by atoms with van der Waals surface area (Å²) >= 11 is 0. The first-order valence-corrected chi connectivity index (χ1v) is 7.35. The fourth-order valence-electron chi connectivity index (χ4n) is 2.67. The van der Waals surface area contributed by atoms with Crippen molar-refractivity contribution in [1.82, 2.24) is 4.90 Å². The lowest BCUT2D eigenvalue weighted by Crippen LogP contribution is -2.34. The van der Waals surface area contributed by atoms with Gasteiger partial charge >= 0.3 is 0 Å². The highest BCUT2D eigenvalue weighted by Gasteiger charge is 2.18. The number of benzene rings is 2. The molecule has 3 nitrogen and oxygen atoms in total. The predicted octanol–water partition coefficient (Wildman–Crippen LogP) is 3.04. The van der Waals surface area contributed by atoms with E-state index in [-0.39, 0.29) is 12.5 Å². The number of ether oxygens (including phenoxy) is 1. The molecule has 1 aliphatic rings. The number of hydrogen-bond acceptors (Lipinski definition) is 2. The highest BCUT2D eigenvalue weighted by atomic mass is 16.5. The van der Waals surface area contributed by atoms with Crippen molar-refractivity contribution in [3.8, 4) is 5.75 Å². The third-order valence-electron chi connectivity index (χ3n) is 3.81. The molecule has 1 heterocycles. The van der Waals surface area contributed by atoms with Crippen LogP contribution >= 0.6 is 0 Å². The first kappa shape index (κ1) is 13.7. The van der Waals surface area contributed by atoms with Crippen molar-refractivity contribution in [3.63, 3.8) is 0 Å². The monoisotopic (exact) mass is 281 g/mol. The fraction of sp³-hybridized carbons (Fsp3) is 0.278. The normalized spacial score (nSPS) is 14.2. The summed E-state index contributed by atoms with van der Waals surface area (Å²) in [7, 11) is 0. The van der Waals surface area contributed by atoms with Crippen molar-refractivity contribution in [2.45, 2.75) is 19.4 Å². The van der Waals surface area contributed by atoms with Gasteiger partial charge in [0.15, 0.2) is 6.61 Å². The lowest BCUT2D eigenvalue weighted by Gasteiger charge is -2.21. The van der Waals surface area contributed by atoms with Gasteiger partial charge < -0.3 is 9.64 Å². The Morgan fingerprint density at radius 2 is 1.71 bits per heavy atom.